The molecule has 7 heteroatoms. The van der Waals surface area contributed by atoms with Crippen molar-refractivity contribution in [2.45, 2.75) is 25.8 Å². The van der Waals surface area contributed by atoms with Crippen molar-refractivity contribution in [2.75, 3.05) is 13.2 Å². The number of carbonyl (C=O) groups excluding carboxylic acids is 1. The number of hydrogen-bond donors (Lipinski definition) is 2. The van der Waals surface area contributed by atoms with E-state index in [-0.39, 0.29) is 18.2 Å². The first kappa shape index (κ1) is 13.7. The molecule has 0 radical (unpaired) electrons. The number of carboxylic acid groups (broad SMARTS) is 1. The third-order valence-corrected chi connectivity index (χ3v) is 3.84. The normalized spacial score (nSPS) is 17.2. The van der Waals surface area contributed by atoms with Crippen LogP contribution in [0.15, 0.2) is 10.9 Å². The summed E-state index contributed by atoms with van der Waals surface area (Å²) in [5.74, 6) is -0.770. The molecule has 7 nitrogen and oxygen atoms in total. The zero-order chi connectivity index (χ0) is 15.0. The van der Waals surface area contributed by atoms with Gasteiger partial charge in [-0.15, -0.1) is 0 Å². The average Bonchev–Trinajstić information content (AvgIpc) is 3.27. The van der Waals surface area contributed by atoms with Crippen molar-refractivity contribution in [2.24, 2.45) is 5.92 Å². The number of pyridine rings is 1. The molecule has 112 valence electrons. The number of rotatable bonds is 3. The van der Waals surface area contributed by atoms with Crippen molar-refractivity contribution in [3.8, 4) is 0 Å². The number of aromatic carboxylic acids is 1. The Morgan fingerprint density at radius 1 is 1.43 bits per heavy atom. The van der Waals surface area contributed by atoms with E-state index in [1.807, 2.05) is 0 Å². The first-order valence-corrected chi connectivity index (χ1v) is 6.94. The fourth-order valence-electron chi connectivity index (χ4n) is 2.39. The number of H-pyrrole nitrogens is 1. The maximum Gasteiger partial charge on any atom is 0.410 e. The van der Waals surface area contributed by atoms with E-state index in [0.29, 0.717) is 36.7 Å². The summed E-state index contributed by atoms with van der Waals surface area (Å²) < 4.78 is 5.22. The zero-order valence-electron chi connectivity index (χ0n) is 11.4. The van der Waals surface area contributed by atoms with Gasteiger partial charge in [0.05, 0.1) is 13.2 Å². The van der Waals surface area contributed by atoms with E-state index in [4.69, 9.17) is 9.84 Å². The van der Waals surface area contributed by atoms with Crippen LogP contribution in [-0.2, 0) is 17.7 Å². The van der Waals surface area contributed by atoms with Crippen molar-refractivity contribution in [3.63, 3.8) is 0 Å². The zero-order valence-corrected chi connectivity index (χ0v) is 11.4. The summed E-state index contributed by atoms with van der Waals surface area (Å²) in [6.45, 7) is 1.17. The Kier molecular flexibility index (Phi) is 3.40. The van der Waals surface area contributed by atoms with Gasteiger partial charge < -0.3 is 19.7 Å². The SMILES string of the molecule is O=C(O)c1cc2c([nH]c1=O)CCN(C(=O)OCC1CC1)C2. The van der Waals surface area contributed by atoms with Gasteiger partial charge in [0.1, 0.15) is 5.56 Å². The summed E-state index contributed by atoms with van der Waals surface area (Å²) in [5, 5.41) is 8.97. The largest absolute Gasteiger partial charge is 0.477 e. The van der Waals surface area contributed by atoms with E-state index >= 15 is 0 Å². The number of hydrogen-bond acceptors (Lipinski definition) is 4. The minimum atomic E-state index is -1.27. The second kappa shape index (κ2) is 5.23. The Morgan fingerprint density at radius 2 is 2.19 bits per heavy atom. The van der Waals surface area contributed by atoms with Crippen molar-refractivity contribution < 1.29 is 19.4 Å². The molecule has 1 saturated carbocycles. The minimum absolute atomic E-state index is 0.260. The molecule has 0 saturated heterocycles. The quantitative estimate of drug-likeness (QED) is 0.865. The molecule has 2 heterocycles. The lowest BCUT2D eigenvalue weighted by atomic mass is 10.0. The Bertz CT molecular complexity index is 647. The van der Waals surface area contributed by atoms with Crippen LogP contribution in [0.1, 0.15) is 34.5 Å². The number of nitrogens with zero attached hydrogens (tertiary/aromatic N) is 1. The van der Waals surface area contributed by atoms with Gasteiger partial charge in [-0.25, -0.2) is 9.59 Å². The number of ether oxygens (including phenoxy) is 1. The predicted octanol–water partition coefficient (Wildman–Crippen LogP) is 0.978. The van der Waals surface area contributed by atoms with Crippen LogP contribution in [0.25, 0.3) is 0 Å². The standard InChI is InChI=1S/C14H16N2O5/c17-12-10(13(18)19)5-9-6-16(4-3-11(9)15-12)14(20)21-7-8-1-2-8/h5,8H,1-4,6-7H2,(H,15,17)(H,18,19). The molecule has 2 aliphatic rings. The van der Waals surface area contributed by atoms with Gasteiger partial charge in [0.15, 0.2) is 0 Å². The third kappa shape index (κ3) is 2.91. The van der Waals surface area contributed by atoms with Gasteiger partial charge in [0, 0.05) is 18.7 Å². The van der Waals surface area contributed by atoms with Crippen molar-refractivity contribution in [3.05, 3.63) is 33.2 Å². The highest BCUT2D eigenvalue weighted by Gasteiger charge is 2.27. The van der Waals surface area contributed by atoms with Crippen LogP contribution in [-0.4, -0.2) is 40.2 Å². The van der Waals surface area contributed by atoms with Gasteiger partial charge in [-0.1, -0.05) is 0 Å². The fraction of sp³-hybridized carbons (Fsp3) is 0.500. The Morgan fingerprint density at radius 3 is 2.86 bits per heavy atom. The van der Waals surface area contributed by atoms with Crippen molar-refractivity contribution in [1.82, 2.24) is 9.88 Å². The number of amides is 1. The van der Waals surface area contributed by atoms with Crippen LogP contribution in [0.4, 0.5) is 4.79 Å². The van der Waals surface area contributed by atoms with Gasteiger partial charge in [0.25, 0.3) is 5.56 Å². The van der Waals surface area contributed by atoms with Crippen molar-refractivity contribution >= 4 is 12.1 Å². The molecule has 0 spiro atoms. The minimum Gasteiger partial charge on any atom is -0.477 e. The summed E-state index contributed by atoms with van der Waals surface area (Å²) in [7, 11) is 0. The number of fused-ring (bicyclic) bond motifs is 1. The predicted molar refractivity (Wildman–Crippen MR) is 72.2 cm³/mol. The smallest absolute Gasteiger partial charge is 0.410 e. The molecule has 1 aromatic rings. The maximum atomic E-state index is 11.9. The molecule has 0 unspecified atom stereocenters. The van der Waals surface area contributed by atoms with E-state index < -0.39 is 11.5 Å². The van der Waals surface area contributed by atoms with Gasteiger partial charge >= 0.3 is 12.1 Å². The van der Waals surface area contributed by atoms with Crippen LogP contribution >= 0.6 is 0 Å². The van der Waals surface area contributed by atoms with Crippen LogP contribution in [0.2, 0.25) is 0 Å². The summed E-state index contributed by atoms with van der Waals surface area (Å²) >= 11 is 0. The molecule has 0 bridgehead atoms. The maximum absolute atomic E-state index is 11.9. The molecule has 1 aliphatic heterocycles. The Hall–Kier alpha value is -2.31. The summed E-state index contributed by atoms with van der Waals surface area (Å²) in [5.41, 5.74) is 0.436. The van der Waals surface area contributed by atoms with Crippen LogP contribution in [0, 0.1) is 5.92 Å². The molecule has 3 rings (SSSR count). The topological polar surface area (TPSA) is 99.7 Å². The van der Waals surface area contributed by atoms with Gasteiger partial charge in [-0.3, -0.25) is 4.79 Å². The van der Waals surface area contributed by atoms with E-state index in [1.54, 1.807) is 0 Å². The number of carboxylic acids is 1. The molecule has 1 aliphatic carbocycles. The van der Waals surface area contributed by atoms with E-state index in [2.05, 4.69) is 4.98 Å². The Balaban J connectivity index is 1.74. The molecule has 0 aromatic carbocycles. The number of aromatic amines is 1. The lowest BCUT2D eigenvalue weighted by Gasteiger charge is -2.28. The Labute approximate surface area is 120 Å². The summed E-state index contributed by atoms with van der Waals surface area (Å²) in [4.78, 5) is 38.6. The van der Waals surface area contributed by atoms with E-state index in [9.17, 15) is 14.4 Å². The lowest BCUT2D eigenvalue weighted by Crippen LogP contribution is -2.38. The lowest BCUT2D eigenvalue weighted by molar-refractivity contribution is 0.0694. The summed E-state index contributed by atoms with van der Waals surface area (Å²) in [6, 6.07) is 1.34. The third-order valence-electron chi connectivity index (χ3n) is 3.84. The van der Waals surface area contributed by atoms with Gasteiger partial charge in [-0.05, 0) is 30.4 Å². The molecule has 1 fully saturated rings. The van der Waals surface area contributed by atoms with E-state index in [0.717, 1.165) is 12.8 Å². The van der Waals surface area contributed by atoms with Crippen LogP contribution in [0.3, 0.4) is 0 Å². The van der Waals surface area contributed by atoms with Crippen LogP contribution in [0.5, 0.6) is 0 Å². The van der Waals surface area contributed by atoms with Gasteiger partial charge in [0.2, 0.25) is 0 Å². The van der Waals surface area contributed by atoms with E-state index in [1.165, 1.54) is 11.0 Å². The highest BCUT2D eigenvalue weighted by molar-refractivity contribution is 5.87. The highest BCUT2D eigenvalue weighted by Crippen LogP contribution is 2.29. The second-order valence-corrected chi connectivity index (χ2v) is 5.51. The second-order valence-electron chi connectivity index (χ2n) is 5.51. The molecule has 1 amide bonds. The summed E-state index contributed by atoms with van der Waals surface area (Å²) in [6.07, 6.45) is 2.33. The average molecular weight is 292 g/mol. The molecular weight excluding hydrogens is 276 g/mol. The molecule has 0 atom stereocenters. The van der Waals surface area contributed by atoms with Gasteiger partial charge in [-0.2, -0.15) is 0 Å². The molecular formula is C14H16N2O5. The fourth-order valence-corrected chi connectivity index (χ4v) is 2.39. The highest BCUT2D eigenvalue weighted by atomic mass is 16.6. The number of aromatic nitrogens is 1. The molecule has 21 heavy (non-hydrogen) atoms. The van der Waals surface area contributed by atoms with Crippen LogP contribution < -0.4 is 5.56 Å². The first-order valence-electron chi connectivity index (χ1n) is 6.94. The first-order chi connectivity index (χ1) is 10.0. The number of nitrogens with one attached hydrogen (secondary N) is 1. The molecule has 1 aromatic heterocycles. The molecule has 2 N–H and O–H groups in total. The number of carbonyl (C=O) groups is 2. The van der Waals surface area contributed by atoms with Crippen molar-refractivity contribution in [1.29, 1.82) is 0 Å². The monoisotopic (exact) mass is 292 g/mol.